The molecule has 1 atom stereocenters. The molecule has 1 saturated heterocycles. The first-order chi connectivity index (χ1) is 7.31. The zero-order valence-electron chi connectivity index (χ0n) is 9.04. The standard InChI is InChI=1S/C12H17BrN2/c1-2-15-8-7-14-9-12(15)10-3-5-11(13)6-4-10/h3-6,12,14H,2,7-9H2,1H3. The molecule has 15 heavy (non-hydrogen) atoms. The minimum atomic E-state index is 0.539. The van der Waals surface area contributed by atoms with Gasteiger partial charge in [-0.3, -0.25) is 4.90 Å². The molecule has 0 aliphatic carbocycles. The monoisotopic (exact) mass is 268 g/mol. The average Bonchev–Trinajstić information content (AvgIpc) is 2.30. The topological polar surface area (TPSA) is 15.3 Å². The van der Waals surface area contributed by atoms with Gasteiger partial charge in [0.25, 0.3) is 0 Å². The molecule has 2 rings (SSSR count). The highest BCUT2D eigenvalue weighted by Crippen LogP contribution is 2.23. The van der Waals surface area contributed by atoms with E-state index in [0.29, 0.717) is 6.04 Å². The van der Waals surface area contributed by atoms with Gasteiger partial charge in [-0.2, -0.15) is 0 Å². The van der Waals surface area contributed by atoms with Crippen LogP contribution < -0.4 is 5.32 Å². The summed E-state index contributed by atoms with van der Waals surface area (Å²) in [4.78, 5) is 2.53. The van der Waals surface area contributed by atoms with Crippen LogP contribution in [0.4, 0.5) is 0 Å². The Morgan fingerprint density at radius 2 is 2.13 bits per heavy atom. The molecule has 2 nitrogen and oxygen atoms in total. The van der Waals surface area contributed by atoms with Crippen LogP contribution in [-0.2, 0) is 0 Å². The molecular weight excluding hydrogens is 252 g/mol. The molecule has 1 N–H and O–H groups in total. The SMILES string of the molecule is CCN1CCNCC1c1ccc(Br)cc1. The second kappa shape index (κ2) is 5.10. The predicted molar refractivity (Wildman–Crippen MR) is 67.0 cm³/mol. The van der Waals surface area contributed by atoms with Crippen molar-refractivity contribution >= 4 is 15.9 Å². The van der Waals surface area contributed by atoms with Gasteiger partial charge in [-0.15, -0.1) is 0 Å². The average molecular weight is 269 g/mol. The van der Waals surface area contributed by atoms with Crippen molar-refractivity contribution < 1.29 is 0 Å². The molecule has 82 valence electrons. The van der Waals surface area contributed by atoms with Gasteiger partial charge in [-0.05, 0) is 24.2 Å². The lowest BCUT2D eigenvalue weighted by Crippen LogP contribution is -2.45. The molecule has 1 unspecified atom stereocenters. The Morgan fingerprint density at radius 3 is 2.80 bits per heavy atom. The van der Waals surface area contributed by atoms with Crippen molar-refractivity contribution in [2.75, 3.05) is 26.2 Å². The number of nitrogens with zero attached hydrogens (tertiary/aromatic N) is 1. The first-order valence-electron chi connectivity index (χ1n) is 5.51. The summed E-state index contributed by atoms with van der Waals surface area (Å²) in [5, 5.41) is 3.46. The number of likely N-dealkylation sites (N-methyl/N-ethyl adjacent to an activating group) is 1. The molecule has 0 amide bonds. The number of nitrogens with one attached hydrogen (secondary N) is 1. The lowest BCUT2D eigenvalue weighted by molar-refractivity contribution is 0.171. The van der Waals surface area contributed by atoms with Gasteiger partial charge in [-0.1, -0.05) is 35.0 Å². The van der Waals surface area contributed by atoms with Gasteiger partial charge in [-0.25, -0.2) is 0 Å². The van der Waals surface area contributed by atoms with E-state index in [4.69, 9.17) is 0 Å². The maximum Gasteiger partial charge on any atom is 0.0473 e. The lowest BCUT2D eigenvalue weighted by atomic mass is 10.0. The van der Waals surface area contributed by atoms with Gasteiger partial charge >= 0.3 is 0 Å². The highest BCUT2D eigenvalue weighted by molar-refractivity contribution is 9.10. The van der Waals surface area contributed by atoms with Crippen molar-refractivity contribution in [3.63, 3.8) is 0 Å². The second-order valence-corrected chi connectivity index (χ2v) is 4.82. The minimum absolute atomic E-state index is 0.539. The maximum atomic E-state index is 3.47. The van der Waals surface area contributed by atoms with Crippen molar-refractivity contribution in [2.45, 2.75) is 13.0 Å². The Kier molecular flexibility index (Phi) is 3.78. The number of halogens is 1. The molecule has 1 aromatic rings. The summed E-state index contributed by atoms with van der Waals surface area (Å²) < 4.78 is 1.15. The third-order valence-electron chi connectivity index (χ3n) is 3.02. The van der Waals surface area contributed by atoms with E-state index in [1.807, 2.05) is 0 Å². The first kappa shape index (κ1) is 11.1. The zero-order valence-corrected chi connectivity index (χ0v) is 10.6. The Balaban J connectivity index is 2.16. The highest BCUT2D eigenvalue weighted by atomic mass is 79.9. The van der Waals surface area contributed by atoms with Crippen LogP contribution in [0.15, 0.2) is 28.7 Å². The van der Waals surface area contributed by atoms with Gasteiger partial charge in [0, 0.05) is 30.1 Å². The van der Waals surface area contributed by atoms with Crippen LogP contribution in [0, 0.1) is 0 Å². The van der Waals surface area contributed by atoms with Gasteiger partial charge in [0.1, 0.15) is 0 Å². The molecule has 0 saturated carbocycles. The maximum absolute atomic E-state index is 3.47. The zero-order chi connectivity index (χ0) is 10.7. The van der Waals surface area contributed by atoms with E-state index >= 15 is 0 Å². The largest absolute Gasteiger partial charge is 0.314 e. The van der Waals surface area contributed by atoms with Gasteiger partial charge < -0.3 is 5.32 Å². The molecular formula is C12H17BrN2. The van der Waals surface area contributed by atoms with Crippen molar-refractivity contribution in [2.24, 2.45) is 0 Å². The van der Waals surface area contributed by atoms with Crippen LogP contribution in [0.3, 0.4) is 0 Å². The fourth-order valence-electron chi connectivity index (χ4n) is 2.14. The quantitative estimate of drug-likeness (QED) is 0.887. The number of hydrogen-bond acceptors (Lipinski definition) is 2. The molecule has 1 heterocycles. The van der Waals surface area contributed by atoms with E-state index in [9.17, 15) is 0 Å². The minimum Gasteiger partial charge on any atom is -0.314 e. The summed E-state index contributed by atoms with van der Waals surface area (Å²) in [6.07, 6.45) is 0. The van der Waals surface area contributed by atoms with Crippen LogP contribution in [0.5, 0.6) is 0 Å². The Labute approximate surface area is 99.8 Å². The van der Waals surface area contributed by atoms with Crippen molar-refractivity contribution in [1.82, 2.24) is 10.2 Å². The summed E-state index contributed by atoms with van der Waals surface area (Å²) >= 11 is 3.47. The molecule has 0 spiro atoms. The molecule has 1 fully saturated rings. The smallest absolute Gasteiger partial charge is 0.0473 e. The van der Waals surface area contributed by atoms with E-state index < -0.39 is 0 Å². The van der Waals surface area contributed by atoms with Gasteiger partial charge in [0.15, 0.2) is 0 Å². The molecule has 3 heteroatoms. The van der Waals surface area contributed by atoms with Gasteiger partial charge in [0.2, 0.25) is 0 Å². The first-order valence-corrected chi connectivity index (χ1v) is 6.31. The van der Waals surface area contributed by atoms with E-state index in [-0.39, 0.29) is 0 Å². The van der Waals surface area contributed by atoms with Gasteiger partial charge in [0.05, 0.1) is 0 Å². The molecule has 1 aliphatic rings. The molecule has 0 bridgehead atoms. The van der Waals surface area contributed by atoms with Crippen molar-refractivity contribution in [3.8, 4) is 0 Å². The Bertz CT molecular complexity index is 310. The van der Waals surface area contributed by atoms with Crippen LogP contribution >= 0.6 is 15.9 Å². The summed E-state index contributed by atoms with van der Waals surface area (Å²) in [6, 6.07) is 9.21. The predicted octanol–water partition coefficient (Wildman–Crippen LogP) is 2.42. The summed E-state index contributed by atoms with van der Waals surface area (Å²) in [6.45, 7) is 6.69. The summed E-state index contributed by atoms with van der Waals surface area (Å²) in [5.41, 5.74) is 1.41. The second-order valence-electron chi connectivity index (χ2n) is 3.90. The third kappa shape index (κ3) is 2.60. The van der Waals surface area contributed by atoms with E-state index in [1.165, 1.54) is 5.56 Å². The summed E-state index contributed by atoms with van der Waals surface area (Å²) in [7, 11) is 0. The Hall–Kier alpha value is -0.380. The van der Waals surface area contributed by atoms with Crippen LogP contribution in [0.25, 0.3) is 0 Å². The summed E-state index contributed by atoms with van der Waals surface area (Å²) in [5.74, 6) is 0. The van der Waals surface area contributed by atoms with Crippen LogP contribution in [-0.4, -0.2) is 31.1 Å². The number of piperazine rings is 1. The fraction of sp³-hybridized carbons (Fsp3) is 0.500. The molecule has 0 aromatic heterocycles. The number of benzene rings is 1. The number of hydrogen-bond donors (Lipinski definition) is 1. The van der Waals surface area contributed by atoms with E-state index in [1.54, 1.807) is 0 Å². The van der Waals surface area contributed by atoms with E-state index in [0.717, 1.165) is 30.7 Å². The number of rotatable bonds is 2. The molecule has 1 aromatic carbocycles. The Morgan fingerprint density at radius 1 is 1.40 bits per heavy atom. The lowest BCUT2D eigenvalue weighted by Gasteiger charge is -2.35. The highest BCUT2D eigenvalue weighted by Gasteiger charge is 2.21. The van der Waals surface area contributed by atoms with Crippen LogP contribution in [0.1, 0.15) is 18.5 Å². The normalized spacial score (nSPS) is 22.9. The fourth-order valence-corrected chi connectivity index (χ4v) is 2.40. The van der Waals surface area contributed by atoms with E-state index in [2.05, 4.69) is 57.3 Å². The van der Waals surface area contributed by atoms with Crippen LogP contribution in [0.2, 0.25) is 0 Å². The molecule has 1 aliphatic heterocycles. The molecule has 0 radical (unpaired) electrons. The van der Waals surface area contributed by atoms with Crippen molar-refractivity contribution in [1.29, 1.82) is 0 Å². The van der Waals surface area contributed by atoms with Crippen molar-refractivity contribution in [3.05, 3.63) is 34.3 Å². The third-order valence-corrected chi connectivity index (χ3v) is 3.54.